The molecule has 0 aromatic heterocycles. The molecule has 0 unspecified atom stereocenters. The van der Waals surface area contributed by atoms with Gasteiger partial charge in [-0.15, -0.1) is 0 Å². The van der Waals surface area contributed by atoms with Crippen LogP contribution < -0.4 is 9.64 Å². The van der Waals surface area contributed by atoms with Gasteiger partial charge in [0.2, 0.25) is 0 Å². The average molecular weight is 295 g/mol. The second-order valence-electron chi connectivity index (χ2n) is 5.82. The SMILES string of the molecule is COc1ccccc1Cc1ccc[c]c1N1CCN(C)CC1. The summed E-state index contributed by atoms with van der Waals surface area (Å²) in [5.74, 6) is 0.954. The van der Waals surface area contributed by atoms with Crippen molar-refractivity contribution in [3.05, 3.63) is 59.7 Å². The Kier molecular flexibility index (Phi) is 4.64. The van der Waals surface area contributed by atoms with Crippen molar-refractivity contribution < 1.29 is 4.74 Å². The van der Waals surface area contributed by atoms with E-state index in [1.807, 2.05) is 18.2 Å². The third-order valence-electron chi connectivity index (χ3n) is 4.31. The molecule has 0 bridgehead atoms. The molecule has 0 amide bonds. The fourth-order valence-corrected chi connectivity index (χ4v) is 2.98. The Bertz CT molecular complexity index is 618. The topological polar surface area (TPSA) is 15.7 Å². The Morgan fingerprint density at radius 2 is 1.73 bits per heavy atom. The highest BCUT2D eigenvalue weighted by atomic mass is 16.5. The number of anilines is 1. The number of piperazine rings is 1. The van der Waals surface area contributed by atoms with Crippen molar-refractivity contribution in [1.82, 2.24) is 4.90 Å². The second-order valence-corrected chi connectivity index (χ2v) is 5.82. The molecule has 0 aliphatic carbocycles. The second kappa shape index (κ2) is 6.84. The van der Waals surface area contributed by atoms with Crippen molar-refractivity contribution in [3.63, 3.8) is 0 Å². The lowest BCUT2D eigenvalue weighted by Crippen LogP contribution is -2.44. The van der Waals surface area contributed by atoms with Crippen molar-refractivity contribution in [1.29, 1.82) is 0 Å². The number of likely N-dealkylation sites (N-methyl/N-ethyl adjacent to an activating group) is 1. The first-order valence-corrected chi connectivity index (χ1v) is 7.83. The van der Waals surface area contributed by atoms with E-state index in [0.717, 1.165) is 38.3 Å². The van der Waals surface area contributed by atoms with E-state index in [-0.39, 0.29) is 0 Å². The van der Waals surface area contributed by atoms with Gasteiger partial charge < -0.3 is 14.5 Å². The van der Waals surface area contributed by atoms with Crippen LogP contribution in [0.3, 0.4) is 0 Å². The van der Waals surface area contributed by atoms with Crippen LogP contribution in [0.2, 0.25) is 0 Å². The lowest BCUT2D eigenvalue weighted by atomic mass is 10.0. The summed E-state index contributed by atoms with van der Waals surface area (Å²) in [5, 5.41) is 0. The van der Waals surface area contributed by atoms with Gasteiger partial charge in [-0.3, -0.25) is 0 Å². The summed E-state index contributed by atoms with van der Waals surface area (Å²) in [7, 11) is 3.92. The predicted molar refractivity (Wildman–Crippen MR) is 90.8 cm³/mol. The van der Waals surface area contributed by atoms with E-state index in [2.05, 4.69) is 47.2 Å². The summed E-state index contributed by atoms with van der Waals surface area (Å²) in [6.45, 7) is 4.35. The van der Waals surface area contributed by atoms with Crippen LogP contribution in [0.25, 0.3) is 0 Å². The van der Waals surface area contributed by atoms with Gasteiger partial charge in [-0.05, 0) is 24.2 Å². The molecular formula is C19H23N2O. The van der Waals surface area contributed by atoms with E-state index in [0.29, 0.717) is 0 Å². The van der Waals surface area contributed by atoms with Gasteiger partial charge in [0.05, 0.1) is 7.11 Å². The van der Waals surface area contributed by atoms with Crippen LogP contribution in [0.5, 0.6) is 5.75 Å². The number of benzene rings is 2. The molecule has 22 heavy (non-hydrogen) atoms. The Labute approximate surface area is 133 Å². The van der Waals surface area contributed by atoms with Gasteiger partial charge in [-0.25, -0.2) is 0 Å². The standard InChI is InChI=1S/C19H23N2O/c1-20-11-13-21(14-12-20)18-9-5-3-7-16(18)15-17-8-4-6-10-19(17)22-2/h3-8,10H,11-15H2,1-2H3. The van der Waals surface area contributed by atoms with Crippen LogP contribution in [-0.4, -0.2) is 45.2 Å². The molecule has 2 aromatic rings. The van der Waals surface area contributed by atoms with Crippen LogP contribution in [-0.2, 0) is 6.42 Å². The van der Waals surface area contributed by atoms with Crippen molar-refractivity contribution in [3.8, 4) is 5.75 Å². The van der Waals surface area contributed by atoms with Crippen LogP contribution >= 0.6 is 0 Å². The third-order valence-corrected chi connectivity index (χ3v) is 4.31. The number of methoxy groups -OCH3 is 1. The van der Waals surface area contributed by atoms with Gasteiger partial charge >= 0.3 is 0 Å². The van der Waals surface area contributed by atoms with Gasteiger partial charge in [-0.1, -0.05) is 36.4 Å². The van der Waals surface area contributed by atoms with E-state index in [1.54, 1.807) is 7.11 Å². The minimum atomic E-state index is 0.878. The quantitative estimate of drug-likeness (QED) is 0.862. The number of hydrogen-bond donors (Lipinski definition) is 0. The van der Waals surface area contributed by atoms with Crippen molar-refractivity contribution in [2.24, 2.45) is 0 Å². The maximum atomic E-state index is 5.49. The molecule has 2 aromatic carbocycles. The maximum Gasteiger partial charge on any atom is 0.122 e. The van der Waals surface area contributed by atoms with Crippen LogP contribution in [0, 0.1) is 6.07 Å². The summed E-state index contributed by atoms with van der Waals surface area (Å²) in [6.07, 6.45) is 0.878. The van der Waals surface area contributed by atoms with Crippen LogP contribution in [0.4, 0.5) is 5.69 Å². The monoisotopic (exact) mass is 295 g/mol. The smallest absolute Gasteiger partial charge is 0.122 e. The highest BCUT2D eigenvalue weighted by Crippen LogP contribution is 2.27. The molecule has 1 radical (unpaired) electrons. The molecule has 1 aliphatic rings. The Hall–Kier alpha value is -2.00. The summed E-state index contributed by atoms with van der Waals surface area (Å²) >= 11 is 0. The van der Waals surface area contributed by atoms with Crippen LogP contribution in [0.15, 0.2) is 42.5 Å². The van der Waals surface area contributed by atoms with Gasteiger partial charge in [0, 0.05) is 44.4 Å². The van der Waals surface area contributed by atoms with Gasteiger partial charge in [-0.2, -0.15) is 0 Å². The minimum absolute atomic E-state index is 0.878. The zero-order valence-corrected chi connectivity index (χ0v) is 13.4. The first-order valence-electron chi connectivity index (χ1n) is 7.83. The summed E-state index contributed by atoms with van der Waals surface area (Å²) in [4.78, 5) is 4.82. The summed E-state index contributed by atoms with van der Waals surface area (Å²) < 4.78 is 5.49. The Morgan fingerprint density at radius 1 is 1.00 bits per heavy atom. The lowest BCUT2D eigenvalue weighted by molar-refractivity contribution is 0.312. The van der Waals surface area contributed by atoms with E-state index in [9.17, 15) is 0 Å². The zero-order chi connectivity index (χ0) is 15.4. The molecule has 1 aliphatic heterocycles. The van der Waals surface area contributed by atoms with Gasteiger partial charge in [0.1, 0.15) is 5.75 Å². The Morgan fingerprint density at radius 3 is 2.50 bits per heavy atom. The number of rotatable bonds is 4. The number of nitrogens with zero attached hydrogens (tertiary/aromatic N) is 2. The number of hydrogen-bond acceptors (Lipinski definition) is 3. The number of para-hydroxylation sites is 2. The third kappa shape index (κ3) is 3.25. The van der Waals surface area contributed by atoms with E-state index < -0.39 is 0 Å². The fraction of sp³-hybridized carbons (Fsp3) is 0.368. The molecule has 0 saturated carbocycles. The molecule has 1 saturated heterocycles. The normalized spacial score (nSPS) is 15.8. The van der Waals surface area contributed by atoms with E-state index in [4.69, 9.17) is 4.74 Å². The van der Waals surface area contributed by atoms with Gasteiger partial charge in [0.25, 0.3) is 0 Å². The van der Waals surface area contributed by atoms with Gasteiger partial charge in [0.15, 0.2) is 0 Å². The number of ether oxygens (including phenoxy) is 1. The predicted octanol–water partition coefficient (Wildman–Crippen LogP) is 2.84. The lowest BCUT2D eigenvalue weighted by Gasteiger charge is -2.35. The van der Waals surface area contributed by atoms with Crippen molar-refractivity contribution >= 4 is 5.69 Å². The van der Waals surface area contributed by atoms with E-state index >= 15 is 0 Å². The molecule has 115 valence electrons. The molecule has 0 spiro atoms. The molecule has 3 heteroatoms. The Balaban J connectivity index is 1.85. The maximum absolute atomic E-state index is 5.49. The molecule has 0 N–H and O–H groups in total. The highest BCUT2D eigenvalue weighted by molar-refractivity contribution is 5.55. The molecule has 1 fully saturated rings. The van der Waals surface area contributed by atoms with E-state index in [1.165, 1.54) is 16.8 Å². The summed E-state index contributed by atoms with van der Waals surface area (Å²) in [6, 6.07) is 18.0. The molecule has 0 atom stereocenters. The van der Waals surface area contributed by atoms with Crippen molar-refractivity contribution in [2.45, 2.75) is 6.42 Å². The highest BCUT2D eigenvalue weighted by Gasteiger charge is 2.17. The first kappa shape index (κ1) is 14.9. The molecule has 1 heterocycles. The summed E-state index contributed by atoms with van der Waals surface area (Å²) in [5.41, 5.74) is 3.78. The molecule has 3 rings (SSSR count). The fourth-order valence-electron chi connectivity index (χ4n) is 2.98. The largest absolute Gasteiger partial charge is 0.496 e. The minimum Gasteiger partial charge on any atom is -0.496 e. The average Bonchev–Trinajstić information content (AvgIpc) is 2.57. The van der Waals surface area contributed by atoms with Crippen molar-refractivity contribution in [2.75, 3.05) is 45.2 Å². The molecule has 3 nitrogen and oxygen atoms in total. The molecular weight excluding hydrogens is 272 g/mol. The van der Waals surface area contributed by atoms with Crippen LogP contribution in [0.1, 0.15) is 11.1 Å². The zero-order valence-electron chi connectivity index (χ0n) is 13.4. The first-order chi connectivity index (χ1) is 10.8.